The van der Waals surface area contributed by atoms with Crippen molar-refractivity contribution in [2.75, 3.05) is 6.61 Å². The van der Waals surface area contributed by atoms with E-state index in [4.69, 9.17) is 4.74 Å². The fraction of sp³-hybridized carbons (Fsp3) is 1.00. The highest BCUT2D eigenvalue weighted by atomic mass is 16.5. The molecule has 0 aliphatic rings. The number of ether oxygens (including phenoxy) is 1. The average Bonchev–Trinajstić information content (AvgIpc) is 2.76. The zero-order valence-corrected chi connectivity index (χ0v) is 21.7. The van der Waals surface area contributed by atoms with Crippen molar-refractivity contribution < 1.29 is 4.74 Å². The summed E-state index contributed by atoms with van der Waals surface area (Å²) in [6.45, 7) is 7.86. The zero-order valence-electron chi connectivity index (χ0n) is 21.7. The summed E-state index contributed by atoms with van der Waals surface area (Å²) in [5.41, 5.74) is 0. The minimum absolute atomic E-state index is 0.521. The molecule has 0 aromatic carbocycles. The Labute approximate surface area is 192 Å². The SMILES string of the molecule is CCCCCCCCCCCCCCCCCCCC(CC)OCCCCCCC. The molecule has 0 saturated heterocycles. The van der Waals surface area contributed by atoms with Crippen LogP contribution in [0.5, 0.6) is 0 Å². The highest BCUT2D eigenvalue weighted by Gasteiger charge is 2.06. The van der Waals surface area contributed by atoms with E-state index in [1.54, 1.807) is 0 Å². The van der Waals surface area contributed by atoms with Crippen LogP contribution in [0.25, 0.3) is 0 Å². The molecule has 1 heteroatoms. The van der Waals surface area contributed by atoms with Gasteiger partial charge in [0, 0.05) is 6.61 Å². The van der Waals surface area contributed by atoms with Crippen molar-refractivity contribution in [1.29, 1.82) is 0 Å². The van der Waals surface area contributed by atoms with Crippen molar-refractivity contribution in [2.45, 2.75) is 181 Å². The van der Waals surface area contributed by atoms with Crippen molar-refractivity contribution in [3.63, 3.8) is 0 Å². The van der Waals surface area contributed by atoms with Crippen LogP contribution in [0.4, 0.5) is 0 Å². The maximum Gasteiger partial charge on any atom is 0.0572 e. The highest BCUT2D eigenvalue weighted by molar-refractivity contribution is 4.57. The van der Waals surface area contributed by atoms with Crippen LogP contribution in [0.3, 0.4) is 0 Å². The molecule has 30 heavy (non-hydrogen) atoms. The largest absolute Gasteiger partial charge is 0.378 e. The Morgan fingerprint density at radius 2 is 0.733 bits per heavy atom. The van der Waals surface area contributed by atoms with Crippen molar-refractivity contribution in [2.24, 2.45) is 0 Å². The first kappa shape index (κ1) is 30.0. The van der Waals surface area contributed by atoms with Gasteiger partial charge < -0.3 is 4.74 Å². The highest BCUT2D eigenvalue weighted by Crippen LogP contribution is 2.16. The second-order valence-electron chi connectivity index (χ2n) is 9.76. The van der Waals surface area contributed by atoms with E-state index in [1.165, 1.54) is 154 Å². The summed E-state index contributed by atoms with van der Waals surface area (Å²) in [5.74, 6) is 0. The summed E-state index contributed by atoms with van der Waals surface area (Å²) in [6, 6.07) is 0. The Kier molecular flexibility index (Phi) is 27.0. The molecule has 0 fully saturated rings. The Morgan fingerprint density at radius 3 is 1.10 bits per heavy atom. The topological polar surface area (TPSA) is 9.23 Å². The molecule has 0 aromatic heterocycles. The van der Waals surface area contributed by atoms with E-state index in [-0.39, 0.29) is 0 Å². The van der Waals surface area contributed by atoms with E-state index in [1.807, 2.05) is 0 Å². The Bertz CT molecular complexity index is 288. The lowest BCUT2D eigenvalue weighted by atomic mass is 10.0. The van der Waals surface area contributed by atoms with Gasteiger partial charge in [-0.25, -0.2) is 0 Å². The molecule has 0 rings (SSSR count). The summed E-state index contributed by atoms with van der Waals surface area (Å²) in [6.07, 6.45) is 34.4. The molecule has 0 saturated carbocycles. The van der Waals surface area contributed by atoms with E-state index >= 15 is 0 Å². The number of rotatable bonds is 26. The molecular formula is C29H60O. The van der Waals surface area contributed by atoms with Gasteiger partial charge in [-0.2, -0.15) is 0 Å². The van der Waals surface area contributed by atoms with Gasteiger partial charge in [-0.3, -0.25) is 0 Å². The summed E-state index contributed by atoms with van der Waals surface area (Å²) < 4.78 is 6.10. The van der Waals surface area contributed by atoms with E-state index < -0.39 is 0 Å². The molecular weight excluding hydrogens is 364 g/mol. The van der Waals surface area contributed by atoms with Crippen LogP contribution in [0.1, 0.15) is 175 Å². The Morgan fingerprint density at radius 1 is 0.400 bits per heavy atom. The zero-order chi connectivity index (χ0) is 22.0. The maximum absolute atomic E-state index is 6.10. The van der Waals surface area contributed by atoms with Gasteiger partial charge >= 0.3 is 0 Å². The third kappa shape index (κ3) is 24.2. The van der Waals surface area contributed by atoms with Gasteiger partial charge in [0.25, 0.3) is 0 Å². The normalized spacial score (nSPS) is 12.5. The summed E-state index contributed by atoms with van der Waals surface area (Å²) >= 11 is 0. The minimum Gasteiger partial charge on any atom is -0.378 e. The summed E-state index contributed by atoms with van der Waals surface area (Å²) in [5, 5.41) is 0. The lowest BCUT2D eigenvalue weighted by molar-refractivity contribution is 0.0406. The number of hydrogen-bond donors (Lipinski definition) is 0. The van der Waals surface area contributed by atoms with Crippen LogP contribution in [-0.2, 0) is 4.74 Å². The van der Waals surface area contributed by atoms with Crippen LogP contribution in [-0.4, -0.2) is 12.7 Å². The third-order valence-electron chi connectivity index (χ3n) is 6.69. The first-order valence-corrected chi connectivity index (χ1v) is 14.5. The lowest BCUT2D eigenvalue weighted by Gasteiger charge is -2.16. The first-order valence-electron chi connectivity index (χ1n) is 14.5. The van der Waals surface area contributed by atoms with E-state index in [2.05, 4.69) is 20.8 Å². The molecule has 0 aliphatic heterocycles. The van der Waals surface area contributed by atoms with Crippen molar-refractivity contribution in [3.05, 3.63) is 0 Å². The van der Waals surface area contributed by atoms with Crippen LogP contribution < -0.4 is 0 Å². The molecule has 1 nitrogen and oxygen atoms in total. The van der Waals surface area contributed by atoms with Gasteiger partial charge in [0.05, 0.1) is 6.10 Å². The van der Waals surface area contributed by atoms with Crippen molar-refractivity contribution in [3.8, 4) is 0 Å². The fourth-order valence-corrected chi connectivity index (χ4v) is 4.46. The Hall–Kier alpha value is -0.0400. The summed E-state index contributed by atoms with van der Waals surface area (Å²) in [4.78, 5) is 0. The number of hydrogen-bond acceptors (Lipinski definition) is 1. The molecule has 0 aliphatic carbocycles. The monoisotopic (exact) mass is 424 g/mol. The van der Waals surface area contributed by atoms with Crippen LogP contribution in [0.2, 0.25) is 0 Å². The molecule has 0 spiro atoms. The van der Waals surface area contributed by atoms with Gasteiger partial charge in [0.2, 0.25) is 0 Å². The van der Waals surface area contributed by atoms with E-state index in [0.717, 1.165) is 6.61 Å². The predicted octanol–water partition coefficient (Wildman–Crippen LogP) is 10.8. The van der Waals surface area contributed by atoms with E-state index in [0.29, 0.717) is 6.10 Å². The molecule has 182 valence electrons. The second-order valence-corrected chi connectivity index (χ2v) is 9.76. The minimum atomic E-state index is 0.521. The van der Waals surface area contributed by atoms with Gasteiger partial charge in [-0.1, -0.05) is 156 Å². The van der Waals surface area contributed by atoms with Crippen molar-refractivity contribution in [1.82, 2.24) is 0 Å². The molecule has 0 heterocycles. The molecule has 0 aromatic rings. The lowest BCUT2D eigenvalue weighted by Crippen LogP contribution is -2.12. The van der Waals surface area contributed by atoms with Crippen molar-refractivity contribution >= 4 is 0 Å². The standard InChI is InChI=1S/C29H60O/c1-4-7-9-11-12-13-14-15-16-17-18-19-20-21-22-23-25-27-29(6-3)30-28-26-24-10-8-5-2/h29H,4-28H2,1-3H3. The van der Waals surface area contributed by atoms with Crippen LogP contribution in [0.15, 0.2) is 0 Å². The quantitative estimate of drug-likeness (QED) is 0.125. The van der Waals surface area contributed by atoms with Gasteiger partial charge in [-0.15, -0.1) is 0 Å². The smallest absolute Gasteiger partial charge is 0.0572 e. The molecule has 1 atom stereocenters. The molecule has 0 bridgehead atoms. The first-order chi connectivity index (χ1) is 14.8. The third-order valence-corrected chi connectivity index (χ3v) is 6.69. The molecule has 0 N–H and O–H groups in total. The molecule has 1 unspecified atom stereocenters. The second kappa shape index (κ2) is 27.0. The van der Waals surface area contributed by atoms with E-state index in [9.17, 15) is 0 Å². The van der Waals surface area contributed by atoms with Gasteiger partial charge in [0.15, 0.2) is 0 Å². The summed E-state index contributed by atoms with van der Waals surface area (Å²) in [7, 11) is 0. The number of unbranched alkanes of at least 4 members (excludes halogenated alkanes) is 20. The van der Waals surface area contributed by atoms with Crippen LogP contribution in [0, 0.1) is 0 Å². The molecule has 0 amide bonds. The predicted molar refractivity (Wildman–Crippen MR) is 138 cm³/mol. The molecule has 0 radical (unpaired) electrons. The fourth-order valence-electron chi connectivity index (χ4n) is 4.46. The van der Waals surface area contributed by atoms with Gasteiger partial charge in [0.1, 0.15) is 0 Å². The Balaban J connectivity index is 3.20. The average molecular weight is 425 g/mol. The maximum atomic E-state index is 6.10. The van der Waals surface area contributed by atoms with Crippen LogP contribution >= 0.6 is 0 Å². The van der Waals surface area contributed by atoms with Gasteiger partial charge in [-0.05, 0) is 19.3 Å².